The fourth-order valence-electron chi connectivity index (χ4n) is 2.14. The standard InChI is InChI=1S/C18H22N4O3/c1-4-17(22(21)5-6-23)18(12(2)13(3)24)25-16-8-14(10-19)7-15(9-16)11-20/h7-9,13,23-24H,2,4-6,21H2,1,3H3/b18-17+. The second kappa shape index (κ2) is 9.45. The van der Waals surface area contributed by atoms with Crippen molar-refractivity contribution in [2.24, 2.45) is 5.84 Å². The molecule has 4 N–H and O–H groups in total. The number of hydrogen-bond donors (Lipinski definition) is 3. The van der Waals surface area contributed by atoms with Crippen LogP contribution in [0.3, 0.4) is 0 Å². The predicted octanol–water partition coefficient (Wildman–Crippen LogP) is 1.54. The monoisotopic (exact) mass is 342 g/mol. The molecule has 1 rings (SSSR count). The Morgan fingerprint density at radius 1 is 1.32 bits per heavy atom. The fourth-order valence-corrected chi connectivity index (χ4v) is 2.14. The molecule has 0 aliphatic carbocycles. The lowest BCUT2D eigenvalue weighted by atomic mass is 10.1. The highest BCUT2D eigenvalue weighted by Crippen LogP contribution is 2.26. The zero-order valence-electron chi connectivity index (χ0n) is 14.4. The zero-order chi connectivity index (χ0) is 19.0. The summed E-state index contributed by atoms with van der Waals surface area (Å²) in [5.74, 6) is 6.45. The Balaban J connectivity index is 3.43. The lowest BCUT2D eigenvalue weighted by molar-refractivity contribution is 0.208. The van der Waals surface area contributed by atoms with Gasteiger partial charge >= 0.3 is 0 Å². The first kappa shape index (κ1) is 20.2. The van der Waals surface area contributed by atoms with Crippen molar-refractivity contribution in [3.8, 4) is 17.9 Å². The Bertz CT molecular complexity index is 709. The smallest absolute Gasteiger partial charge is 0.153 e. The Kier molecular flexibility index (Phi) is 7.64. The van der Waals surface area contributed by atoms with Crippen molar-refractivity contribution in [1.29, 1.82) is 10.5 Å². The Morgan fingerprint density at radius 2 is 1.88 bits per heavy atom. The van der Waals surface area contributed by atoms with Crippen LogP contribution in [0.1, 0.15) is 31.4 Å². The highest BCUT2D eigenvalue weighted by Gasteiger charge is 2.19. The van der Waals surface area contributed by atoms with E-state index in [2.05, 4.69) is 6.58 Å². The Labute approximate surface area is 147 Å². The van der Waals surface area contributed by atoms with E-state index < -0.39 is 6.10 Å². The molecule has 0 saturated heterocycles. The lowest BCUT2D eigenvalue weighted by Gasteiger charge is -2.25. The molecule has 1 aromatic carbocycles. The van der Waals surface area contributed by atoms with Gasteiger partial charge in [-0.25, -0.2) is 5.84 Å². The number of nitrogens with zero attached hydrogens (tertiary/aromatic N) is 3. The molecule has 0 aliphatic heterocycles. The molecule has 25 heavy (non-hydrogen) atoms. The average molecular weight is 342 g/mol. The number of allylic oxidation sites excluding steroid dienone is 1. The molecular formula is C18H22N4O3. The van der Waals surface area contributed by atoms with Crippen LogP contribution in [0, 0.1) is 22.7 Å². The van der Waals surface area contributed by atoms with Crippen LogP contribution in [-0.4, -0.2) is 34.5 Å². The summed E-state index contributed by atoms with van der Waals surface area (Å²) in [5, 5.41) is 38.5. The molecule has 0 aromatic heterocycles. The van der Waals surface area contributed by atoms with E-state index in [4.69, 9.17) is 26.2 Å². The minimum atomic E-state index is -0.895. The van der Waals surface area contributed by atoms with E-state index in [1.807, 2.05) is 19.1 Å². The summed E-state index contributed by atoms with van der Waals surface area (Å²) in [4.78, 5) is 0. The maximum atomic E-state index is 9.90. The molecule has 7 heteroatoms. The number of nitrogens with two attached hydrogens (primary N) is 1. The van der Waals surface area contributed by atoms with Crippen LogP contribution in [0.25, 0.3) is 0 Å². The molecule has 0 saturated carbocycles. The number of benzene rings is 1. The van der Waals surface area contributed by atoms with Gasteiger partial charge in [-0.15, -0.1) is 0 Å². The molecule has 0 aliphatic rings. The van der Waals surface area contributed by atoms with E-state index in [1.54, 1.807) is 0 Å². The summed E-state index contributed by atoms with van der Waals surface area (Å²) < 4.78 is 5.86. The van der Waals surface area contributed by atoms with Crippen molar-refractivity contribution in [2.45, 2.75) is 26.4 Å². The third-order valence-corrected chi connectivity index (χ3v) is 3.47. The van der Waals surface area contributed by atoms with Gasteiger partial charge in [0.1, 0.15) is 5.75 Å². The third-order valence-electron chi connectivity index (χ3n) is 3.47. The number of nitriles is 2. The van der Waals surface area contributed by atoms with Gasteiger partial charge in [-0.2, -0.15) is 10.5 Å². The topological polar surface area (TPSA) is 127 Å². The molecule has 0 amide bonds. The number of hydrogen-bond acceptors (Lipinski definition) is 7. The van der Waals surface area contributed by atoms with E-state index in [9.17, 15) is 5.11 Å². The van der Waals surface area contributed by atoms with Crippen molar-refractivity contribution in [1.82, 2.24) is 5.01 Å². The molecule has 1 unspecified atom stereocenters. The average Bonchev–Trinajstić information content (AvgIpc) is 2.60. The summed E-state index contributed by atoms with van der Waals surface area (Å²) >= 11 is 0. The molecule has 1 atom stereocenters. The van der Waals surface area contributed by atoms with Gasteiger partial charge in [0.15, 0.2) is 5.76 Å². The van der Waals surface area contributed by atoms with Crippen LogP contribution < -0.4 is 10.6 Å². The summed E-state index contributed by atoms with van der Waals surface area (Å²) in [6.07, 6.45) is -0.436. The number of ether oxygens (including phenoxy) is 1. The van der Waals surface area contributed by atoms with Crippen molar-refractivity contribution >= 4 is 0 Å². The second-order valence-corrected chi connectivity index (χ2v) is 5.32. The van der Waals surface area contributed by atoms with E-state index in [0.29, 0.717) is 17.7 Å². The molecule has 0 fully saturated rings. The minimum Gasteiger partial charge on any atom is -0.455 e. The van der Waals surface area contributed by atoms with Crippen LogP contribution in [0.4, 0.5) is 0 Å². The number of hydrazine groups is 1. The molecular weight excluding hydrogens is 320 g/mol. The highest BCUT2D eigenvalue weighted by atomic mass is 16.5. The van der Waals surface area contributed by atoms with Crippen molar-refractivity contribution in [3.05, 3.63) is 52.9 Å². The van der Waals surface area contributed by atoms with E-state index >= 15 is 0 Å². The molecule has 0 heterocycles. The van der Waals surface area contributed by atoms with Crippen molar-refractivity contribution in [3.63, 3.8) is 0 Å². The summed E-state index contributed by atoms with van der Waals surface area (Å²) in [7, 11) is 0. The van der Waals surface area contributed by atoms with Gasteiger partial charge in [0.05, 0.1) is 48.2 Å². The normalized spacial score (nSPS) is 12.4. The Morgan fingerprint density at radius 3 is 2.28 bits per heavy atom. The summed E-state index contributed by atoms with van der Waals surface area (Å²) in [5.41, 5.74) is 1.37. The summed E-state index contributed by atoms with van der Waals surface area (Å²) in [6.45, 7) is 7.24. The number of aliphatic hydroxyl groups is 2. The second-order valence-electron chi connectivity index (χ2n) is 5.32. The quantitative estimate of drug-likeness (QED) is 0.283. The van der Waals surface area contributed by atoms with Crippen LogP contribution in [0.2, 0.25) is 0 Å². The van der Waals surface area contributed by atoms with Gasteiger partial charge in [-0.3, -0.25) is 0 Å². The first-order valence-corrected chi connectivity index (χ1v) is 7.74. The molecule has 0 radical (unpaired) electrons. The maximum Gasteiger partial charge on any atom is 0.153 e. The van der Waals surface area contributed by atoms with E-state index in [-0.39, 0.29) is 35.8 Å². The molecule has 1 aromatic rings. The number of aliphatic hydroxyl groups excluding tert-OH is 2. The van der Waals surface area contributed by atoms with Crippen LogP contribution in [0.5, 0.6) is 5.75 Å². The largest absolute Gasteiger partial charge is 0.455 e. The van der Waals surface area contributed by atoms with Gasteiger partial charge < -0.3 is 20.0 Å². The SMILES string of the molecule is C=C(/C(Oc1cc(C#N)cc(C#N)c1)=C(/CC)N(N)CCO)C(C)O. The molecule has 7 nitrogen and oxygen atoms in total. The maximum absolute atomic E-state index is 9.90. The Hall–Kier alpha value is -2.84. The van der Waals surface area contributed by atoms with Gasteiger partial charge in [0, 0.05) is 5.57 Å². The predicted molar refractivity (Wildman–Crippen MR) is 92.6 cm³/mol. The third kappa shape index (κ3) is 5.33. The highest BCUT2D eigenvalue weighted by molar-refractivity contribution is 5.47. The van der Waals surface area contributed by atoms with Gasteiger partial charge in [0.25, 0.3) is 0 Å². The minimum absolute atomic E-state index is 0.156. The molecule has 132 valence electrons. The lowest BCUT2D eigenvalue weighted by Crippen LogP contribution is -2.35. The van der Waals surface area contributed by atoms with Gasteiger partial charge in [0.2, 0.25) is 0 Å². The van der Waals surface area contributed by atoms with E-state index in [0.717, 1.165) is 0 Å². The summed E-state index contributed by atoms with van der Waals surface area (Å²) in [6, 6.07) is 8.34. The fraction of sp³-hybridized carbons (Fsp3) is 0.333. The molecule has 0 spiro atoms. The zero-order valence-corrected chi connectivity index (χ0v) is 14.4. The van der Waals surface area contributed by atoms with Gasteiger partial charge in [-0.1, -0.05) is 13.5 Å². The van der Waals surface area contributed by atoms with Crippen LogP contribution in [-0.2, 0) is 0 Å². The first-order valence-electron chi connectivity index (χ1n) is 7.74. The van der Waals surface area contributed by atoms with Crippen molar-refractivity contribution in [2.75, 3.05) is 13.2 Å². The van der Waals surface area contributed by atoms with Gasteiger partial charge in [-0.05, 0) is 31.5 Å². The molecule has 0 bridgehead atoms. The van der Waals surface area contributed by atoms with Crippen molar-refractivity contribution < 1.29 is 14.9 Å². The first-order chi connectivity index (χ1) is 11.9. The number of rotatable bonds is 8. The van der Waals surface area contributed by atoms with Crippen LogP contribution >= 0.6 is 0 Å². The van der Waals surface area contributed by atoms with E-state index in [1.165, 1.54) is 30.1 Å². The van der Waals surface area contributed by atoms with Crippen LogP contribution in [0.15, 0.2) is 41.8 Å².